The molecule has 0 aromatic carbocycles. The normalized spacial score (nSPS) is 24.1. The molecule has 1 aromatic heterocycles. The molecular formula is C12H16ClN3O2. The highest BCUT2D eigenvalue weighted by molar-refractivity contribution is 6.29. The molecule has 18 heavy (non-hydrogen) atoms. The number of halogens is 1. The zero-order valence-electron chi connectivity index (χ0n) is 10.5. The number of nitro groups is 1. The number of hydrogen-bond acceptors (Lipinski definition) is 4. The first-order valence-corrected chi connectivity index (χ1v) is 6.44. The van der Waals surface area contributed by atoms with Gasteiger partial charge in [-0.1, -0.05) is 18.5 Å². The fourth-order valence-electron chi connectivity index (χ4n) is 2.33. The summed E-state index contributed by atoms with van der Waals surface area (Å²) in [5.41, 5.74) is -0.00423. The van der Waals surface area contributed by atoms with E-state index in [1.807, 2.05) is 0 Å². The van der Waals surface area contributed by atoms with E-state index in [4.69, 9.17) is 11.6 Å². The Morgan fingerprint density at radius 3 is 2.83 bits per heavy atom. The van der Waals surface area contributed by atoms with Crippen LogP contribution in [0.25, 0.3) is 0 Å². The van der Waals surface area contributed by atoms with Crippen molar-refractivity contribution in [2.45, 2.75) is 32.7 Å². The van der Waals surface area contributed by atoms with Crippen LogP contribution in [-0.2, 0) is 0 Å². The first-order valence-electron chi connectivity index (χ1n) is 6.06. The highest BCUT2D eigenvalue weighted by Gasteiger charge is 2.25. The quantitative estimate of drug-likeness (QED) is 0.470. The van der Waals surface area contributed by atoms with Crippen LogP contribution in [0.3, 0.4) is 0 Å². The maximum Gasteiger partial charge on any atom is 0.276 e. The summed E-state index contributed by atoms with van der Waals surface area (Å²) in [4.78, 5) is 16.7. The van der Waals surface area contributed by atoms with E-state index >= 15 is 0 Å². The monoisotopic (exact) mass is 269 g/mol. The average molecular weight is 270 g/mol. The summed E-state index contributed by atoms with van der Waals surface area (Å²) in [7, 11) is 0. The Balaban J connectivity index is 2.34. The van der Waals surface area contributed by atoms with Gasteiger partial charge >= 0.3 is 0 Å². The van der Waals surface area contributed by atoms with Gasteiger partial charge in [0.05, 0.1) is 17.1 Å². The number of piperidine rings is 1. The number of rotatable bonds is 2. The Kier molecular flexibility index (Phi) is 3.71. The summed E-state index contributed by atoms with van der Waals surface area (Å²) in [5.74, 6) is 1.18. The summed E-state index contributed by atoms with van der Waals surface area (Å²) in [6.45, 7) is 5.16. The maximum atomic E-state index is 10.8. The average Bonchev–Trinajstić information content (AvgIpc) is 2.31. The van der Waals surface area contributed by atoms with Crippen LogP contribution in [0.1, 0.15) is 26.7 Å². The Morgan fingerprint density at radius 2 is 2.17 bits per heavy atom. The SMILES string of the molecule is CC1CCC(C)N(c2cc([N+](=O)[O-])cc(Cl)n2)C1. The van der Waals surface area contributed by atoms with Crippen molar-refractivity contribution in [3.8, 4) is 0 Å². The summed E-state index contributed by atoms with van der Waals surface area (Å²) in [6.07, 6.45) is 2.25. The first kappa shape index (κ1) is 13.1. The Morgan fingerprint density at radius 1 is 1.44 bits per heavy atom. The van der Waals surface area contributed by atoms with Crippen molar-refractivity contribution in [1.29, 1.82) is 0 Å². The Bertz CT molecular complexity index is 467. The summed E-state index contributed by atoms with van der Waals surface area (Å²) < 4.78 is 0. The van der Waals surface area contributed by atoms with Gasteiger partial charge in [0.1, 0.15) is 11.0 Å². The number of pyridine rings is 1. The van der Waals surface area contributed by atoms with E-state index in [-0.39, 0.29) is 10.8 Å². The predicted octanol–water partition coefficient (Wildman–Crippen LogP) is 3.27. The third-order valence-corrected chi connectivity index (χ3v) is 3.58. The lowest BCUT2D eigenvalue weighted by Crippen LogP contribution is -2.41. The molecule has 0 aliphatic carbocycles. The first-order chi connectivity index (χ1) is 8.47. The fourth-order valence-corrected chi connectivity index (χ4v) is 2.53. The van der Waals surface area contributed by atoms with E-state index in [0.717, 1.165) is 13.0 Å². The van der Waals surface area contributed by atoms with Crippen LogP contribution in [0.5, 0.6) is 0 Å². The van der Waals surface area contributed by atoms with Crippen molar-refractivity contribution in [2.24, 2.45) is 5.92 Å². The predicted molar refractivity (Wildman–Crippen MR) is 71.1 cm³/mol. The summed E-state index contributed by atoms with van der Waals surface area (Å²) >= 11 is 5.86. The van der Waals surface area contributed by atoms with E-state index in [2.05, 4.69) is 23.7 Å². The minimum absolute atomic E-state index is 0.00423. The number of hydrogen-bond donors (Lipinski definition) is 0. The Hall–Kier alpha value is -1.36. The van der Waals surface area contributed by atoms with Crippen LogP contribution in [-0.4, -0.2) is 22.5 Å². The number of aromatic nitrogens is 1. The molecule has 2 atom stereocenters. The molecule has 1 fully saturated rings. The molecule has 1 aliphatic heterocycles. The van der Waals surface area contributed by atoms with Crippen LogP contribution in [0, 0.1) is 16.0 Å². The third kappa shape index (κ3) is 2.72. The third-order valence-electron chi connectivity index (χ3n) is 3.39. The molecule has 6 heteroatoms. The molecule has 0 bridgehead atoms. The minimum Gasteiger partial charge on any atom is -0.353 e. The van der Waals surface area contributed by atoms with Gasteiger partial charge in [0.25, 0.3) is 5.69 Å². The molecule has 98 valence electrons. The van der Waals surface area contributed by atoms with E-state index in [9.17, 15) is 10.1 Å². The number of anilines is 1. The van der Waals surface area contributed by atoms with Gasteiger partial charge < -0.3 is 4.90 Å². The van der Waals surface area contributed by atoms with Gasteiger partial charge in [-0.15, -0.1) is 0 Å². The molecule has 1 aromatic rings. The van der Waals surface area contributed by atoms with Crippen LogP contribution < -0.4 is 4.90 Å². The second kappa shape index (κ2) is 5.10. The van der Waals surface area contributed by atoms with E-state index in [1.54, 1.807) is 0 Å². The molecule has 0 amide bonds. The standard InChI is InChI=1S/C12H16ClN3O2/c1-8-3-4-9(2)15(7-8)12-6-10(16(17)18)5-11(13)14-12/h5-6,8-9H,3-4,7H2,1-2H3. The molecule has 0 spiro atoms. The molecule has 1 saturated heterocycles. The second-order valence-electron chi connectivity index (χ2n) is 4.95. The van der Waals surface area contributed by atoms with Crippen LogP contribution in [0.4, 0.5) is 11.5 Å². The van der Waals surface area contributed by atoms with Crippen molar-refractivity contribution < 1.29 is 4.92 Å². The van der Waals surface area contributed by atoms with Crippen molar-refractivity contribution in [2.75, 3.05) is 11.4 Å². The van der Waals surface area contributed by atoms with Gasteiger partial charge in [0, 0.05) is 12.6 Å². The van der Waals surface area contributed by atoms with Crippen molar-refractivity contribution in [3.05, 3.63) is 27.4 Å². The summed E-state index contributed by atoms with van der Waals surface area (Å²) in [5, 5.41) is 11.0. The minimum atomic E-state index is -0.435. The topological polar surface area (TPSA) is 59.3 Å². The van der Waals surface area contributed by atoms with E-state index in [0.29, 0.717) is 17.8 Å². The lowest BCUT2D eigenvalue weighted by Gasteiger charge is -2.37. The van der Waals surface area contributed by atoms with Gasteiger partial charge in [0.2, 0.25) is 0 Å². The molecular weight excluding hydrogens is 254 g/mol. The molecule has 0 N–H and O–H groups in total. The second-order valence-corrected chi connectivity index (χ2v) is 5.33. The lowest BCUT2D eigenvalue weighted by molar-refractivity contribution is -0.384. The van der Waals surface area contributed by atoms with Crippen LogP contribution in [0.15, 0.2) is 12.1 Å². The van der Waals surface area contributed by atoms with Crippen molar-refractivity contribution in [3.63, 3.8) is 0 Å². The van der Waals surface area contributed by atoms with Crippen molar-refractivity contribution >= 4 is 23.1 Å². The van der Waals surface area contributed by atoms with Crippen LogP contribution in [0.2, 0.25) is 5.15 Å². The summed E-state index contributed by atoms with van der Waals surface area (Å²) in [6, 6.07) is 3.12. The zero-order chi connectivity index (χ0) is 13.3. The highest BCUT2D eigenvalue weighted by Crippen LogP contribution is 2.29. The molecule has 0 saturated carbocycles. The van der Waals surface area contributed by atoms with Gasteiger partial charge in [-0.05, 0) is 25.7 Å². The largest absolute Gasteiger partial charge is 0.353 e. The van der Waals surface area contributed by atoms with Gasteiger partial charge in [-0.25, -0.2) is 4.98 Å². The lowest BCUT2D eigenvalue weighted by atomic mass is 9.95. The van der Waals surface area contributed by atoms with Crippen LogP contribution >= 0.6 is 11.6 Å². The Labute approximate surface area is 111 Å². The maximum absolute atomic E-state index is 10.8. The molecule has 2 heterocycles. The molecule has 1 aliphatic rings. The molecule has 0 radical (unpaired) electrons. The van der Waals surface area contributed by atoms with Crippen molar-refractivity contribution in [1.82, 2.24) is 4.98 Å². The number of nitrogens with zero attached hydrogens (tertiary/aromatic N) is 3. The van der Waals surface area contributed by atoms with Gasteiger partial charge in [0.15, 0.2) is 0 Å². The van der Waals surface area contributed by atoms with E-state index < -0.39 is 4.92 Å². The fraction of sp³-hybridized carbons (Fsp3) is 0.583. The smallest absolute Gasteiger partial charge is 0.276 e. The van der Waals surface area contributed by atoms with Gasteiger partial charge in [-0.2, -0.15) is 0 Å². The molecule has 5 nitrogen and oxygen atoms in total. The van der Waals surface area contributed by atoms with E-state index in [1.165, 1.54) is 18.6 Å². The molecule has 2 unspecified atom stereocenters. The zero-order valence-corrected chi connectivity index (χ0v) is 11.2. The van der Waals surface area contributed by atoms with Gasteiger partial charge in [-0.3, -0.25) is 10.1 Å². The highest BCUT2D eigenvalue weighted by atomic mass is 35.5. The molecule has 2 rings (SSSR count).